The molecule has 1 heterocycles. The Bertz CT molecular complexity index is 1080. The molecule has 32 heavy (non-hydrogen) atoms. The standard InChI is InChI=1S/C22H21N3O6S/c1-3-25-18(26)12-17(19(27)23-16-6-4-5-14(11-16)20(28)29)32-22(25)24-15-9-7-13(8-10-15)21(30)31-2/h4-11,17H,3,12H2,1-2H3,(H,23,27)(H,28,29). The minimum absolute atomic E-state index is 0.0107. The van der Waals surface area contributed by atoms with Crippen LogP contribution in [0.4, 0.5) is 11.4 Å². The lowest BCUT2D eigenvalue weighted by Crippen LogP contribution is -2.45. The molecule has 2 N–H and O–H groups in total. The molecule has 1 fully saturated rings. The zero-order chi connectivity index (χ0) is 23.3. The highest BCUT2D eigenvalue weighted by atomic mass is 32.2. The summed E-state index contributed by atoms with van der Waals surface area (Å²) in [5, 5.41) is 11.4. The number of amidine groups is 1. The summed E-state index contributed by atoms with van der Waals surface area (Å²) < 4.78 is 4.68. The topological polar surface area (TPSA) is 125 Å². The van der Waals surface area contributed by atoms with E-state index >= 15 is 0 Å². The van der Waals surface area contributed by atoms with Crippen LogP contribution in [0.25, 0.3) is 0 Å². The maximum Gasteiger partial charge on any atom is 0.337 e. The molecule has 9 nitrogen and oxygen atoms in total. The Hall–Kier alpha value is -3.66. The lowest BCUT2D eigenvalue weighted by Gasteiger charge is -2.30. The van der Waals surface area contributed by atoms with Crippen molar-refractivity contribution in [2.45, 2.75) is 18.6 Å². The van der Waals surface area contributed by atoms with Gasteiger partial charge >= 0.3 is 11.9 Å². The van der Waals surface area contributed by atoms with Crippen molar-refractivity contribution in [1.82, 2.24) is 4.90 Å². The van der Waals surface area contributed by atoms with Crippen molar-refractivity contribution in [2.75, 3.05) is 19.0 Å². The second-order valence-electron chi connectivity index (χ2n) is 6.76. The average molecular weight is 455 g/mol. The van der Waals surface area contributed by atoms with Crippen molar-refractivity contribution in [1.29, 1.82) is 0 Å². The molecule has 166 valence electrons. The van der Waals surface area contributed by atoms with Crippen LogP contribution in [0, 0.1) is 0 Å². The SMILES string of the molecule is CCN1C(=O)CC(C(=O)Nc2cccc(C(=O)O)c2)SC1=Nc1ccc(C(=O)OC)cc1. The van der Waals surface area contributed by atoms with Crippen molar-refractivity contribution in [3.05, 3.63) is 59.7 Å². The molecule has 0 aromatic heterocycles. The van der Waals surface area contributed by atoms with Gasteiger partial charge in [0.2, 0.25) is 11.8 Å². The van der Waals surface area contributed by atoms with Gasteiger partial charge in [-0.15, -0.1) is 0 Å². The maximum atomic E-state index is 12.8. The lowest BCUT2D eigenvalue weighted by atomic mass is 10.2. The Kier molecular flexibility index (Phi) is 7.26. The Morgan fingerprint density at radius 3 is 2.53 bits per heavy atom. The van der Waals surface area contributed by atoms with E-state index in [1.165, 1.54) is 30.2 Å². The van der Waals surface area contributed by atoms with Gasteiger partial charge in [-0.1, -0.05) is 17.8 Å². The third-order valence-electron chi connectivity index (χ3n) is 4.64. The number of hydrogen-bond donors (Lipinski definition) is 2. The summed E-state index contributed by atoms with van der Waals surface area (Å²) in [6.07, 6.45) is -0.0107. The van der Waals surface area contributed by atoms with Gasteiger partial charge in [-0.2, -0.15) is 0 Å². The second-order valence-corrected chi connectivity index (χ2v) is 7.93. The van der Waals surface area contributed by atoms with Gasteiger partial charge in [0.25, 0.3) is 0 Å². The quantitative estimate of drug-likeness (QED) is 0.641. The molecule has 1 unspecified atom stereocenters. The summed E-state index contributed by atoms with van der Waals surface area (Å²) in [6.45, 7) is 2.20. The van der Waals surface area contributed by atoms with Crippen LogP contribution in [0.1, 0.15) is 34.1 Å². The van der Waals surface area contributed by atoms with Crippen LogP contribution in [-0.4, -0.2) is 57.8 Å². The number of aromatic carboxylic acids is 1. The minimum Gasteiger partial charge on any atom is -0.478 e. The van der Waals surface area contributed by atoms with Gasteiger partial charge in [-0.3, -0.25) is 14.5 Å². The molecule has 1 saturated heterocycles. The number of nitrogens with zero attached hydrogens (tertiary/aromatic N) is 2. The number of nitrogens with one attached hydrogen (secondary N) is 1. The Labute approximate surface area is 188 Å². The van der Waals surface area contributed by atoms with Gasteiger partial charge in [0.1, 0.15) is 5.25 Å². The van der Waals surface area contributed by atoms with E-state index in [1.807, 2.05) is 6.92 Å². The van der Waals surface area contributed by atoms with Crippen molar-refractivity contribution in [2.24, 2.45) is 4.99 Å². The van der Waals surface area contributed by atoms with Crippen LogP contribution >= 0.6 is 11.8 Å². The van der Waals surface area contributed by atoms with E-state index in [-0.39, 0.29) is 17.9 Å². The largest absolute Gasteiger partial charge is 0.478 e. The monoisotopic (exact) mass is 455 g/mol. The van der Waals surface area contributed by atoms with Gasteiger partial charge < -0.3 is 15.2 Å². The van der Waals surface area contributed by atoms with Crippen molar-refractivity contribution >= 4 is 52.1 Å². The highest BCUT2D eigenvalue weighted by molar-refractivity contribution is 8.15. The number of carbonyl (C=O) groups excluding carboxylic acids is 3. The van der Waals surface area contributed by atoms with E-state index < -0.39 is 23.1 Å². The van der Waals surface area contributed by atoms with Gasteiger partial charge in [-0.05, 0) is 49.4 Å². The van der Waals surface area contributed by atoms with Gasteiger partial charge in [0.15, 0.2) is 5.17 Å². The number of esters is 1. The Morgan fingerprint density at radius 1 is 1.19 bits per heavy atom. The number of amides is 2. The van der Waals surface area contributed by atoms with Gasteiger partial charge in [0.05, 0.1) is 23.9 Å². The third kappa shape index (κ3) is 5.33. The van der Waals surface area contributed by atoms with Gasteiger partial charge in [0, 0.05) is 18.7 Å². The number of thioether (sulfide) groups is 1. The predicted octanol–water partition coefficient (Wildman–Crippen LogP) is 3.15. The molecular weight excluding hydrogens is 434 g/mol. The summed E-state index contributed by atoms with van der Waals surface area (Å²) in [5.74, 6) is -2.23. The number of ether oxygens (including phenoxy) is 1. The molecular formula is C22H21N3O6S. The molecule has 1 atom stereocenters. The van der Waals surface area contributed by atoms with Crippen LogP contribution in [0.2, 0.25) is 0 Å². The highest BCUT2D eigenvalue weighted by Gasteiger charge is 2.35. The van der Waals surface area contributed by atoms with E-state index in [4.69, 9.17) is 5.11 Å². The number of benzene rings is 2. The third-order valence-corrected chi connectivity index (χ3v) is 5.83. The van der Waals surface area contributed by atoms with Crippen molar-refractivity contribution < 1.29 is 29.0 Å². The zero-order valence-electron chi connectivity index (χ0n) is 17.4. The molecule has 0 saturated carbocycles. The van der Waals surface area contributed by atoms with E-state index in [0.717, 1.165) is 11.8 Å². The molecule has 2 aromatic rings. The number of methoxy groups -OCH3 is 1. The Morgan fingerprint density at radius 2 is 1.91 bits per heavy atom. The van der Waals surface area contributed by atoms with E-state index in [1.54, 1.807) is 30.3 Å². The normalized spacial score (nSPS) is 17.2. The van der Waals surface area contributed by atoms with Crippen molar-refractivity contribution in [3.63, 3.8) is 0 Å². The van der Waals surface area contributed by atoms with Crippen LogP contribution in [-0.2, 0) is 14.3 Å². The summed E-state index contributed by atoms with van der Waals surface area (Å²) in [7, 11) is 1.29. The maximum absolute atomic E-state index is 12.8. The fraction of sp³-hybridized carbons (Fsp3) is 0.227. The first-order valence-electron chi connectivity index (χ1n) is 9.70. The van der Waals surface area contributed by atoms with Gasteiger partial charge in [-0.25, -0.2) is 14.6 Å². The molecule has 0 bridgehead atoms. The number of carboxylic acids is 1. The molecule has 0 radical (unpaired) electrons. The molecule has 0 aliphatic carbocycles. The number of carbonyl (C=O) groups is 4. The lowest BCUT2D eigenvalue weighted by molar-refractivity contribution is -0.129. The number of aliphatic imine (C=N–C) groups is 1. The minimum atomic E-state index is -1.10. The summed E-state index contributed by atoms with van der Waals surface area (Å²) in [5.41, 5.74) is 1.27. The summed E-state index contributed by atoms with van der Waals surface area (Å²) in [6, 6.07) is 12.3. The first kappa shape index (κ1) is 23.0. The molecule has 3 rings (SSSR count). The second kappa shape index (κ2) is 10.1. The number of hydrogen-bond acceptors (Lipinski definition) is 7. The number of carboxylic acid groups (broad SMARTS) is 1. The number of rotatable bonds is 6. The first-order chi connectivity index (χ1) is 15.3. The zero-order valence-corrected chi connectivity index (χ0v) is 18.2. The van der Waals surface area contributed by atoms with Crippen molar-refractivity contribution in [3.8, 4) is 0 Å². The Balaban J connectivity index is 1.80. The molecule has 10 heteroatoms. The predicted molar refractivity (Wildman–Crippen MR) is 120 cm³/mol. The molecule has 1 aliphatic heterocycles. The van der Waals surface area contributed by atoms with E-state index in [0.29, 0.717) is 28.7 Å². The van der Waals surface area contributed by atoms with Crippen LogP contribution in [0.5, 0.6) is 0 Å². The highest BCUT2D eigenvalue weighted by Crippen LogP contribution is 2.30. The fourth-order valence-electron chi connectivity index (χ4n) is 3.01. The summed E-state index contributed by atoms with van der Waals surface area (Å²) in [4.78, 5) is 54.1. The molecule has 1 aliphatic rings. The first-order valence-corrected chi connectivity index (χ1v) is 10.6. The molecule has 2 amide bonds. The van der Waals surface area contributed by atoms with E-state index in [9.17, 15) is 19.2 Å². The van der Waals surface area contributed by atoms with Crippen LogP contribution in [0.3, 0.4) is 0 Å². The summed E-state index contributed by atoms with van der Waals surface area (Å²) >= 11 is 1.15. The van der Waals surface area contributed by atoms with Crippen LogP contribution < -0.4 is 5.32 Å². The van der Waals surface area contributed by atoms with E-state index in [2.05, 4.69) is 15.0 Å². The molecule has 2 aromatic carbocycles. The smallest absolute Gasteiger partial charge is 0.337 e. The number of anilines is 1. The average Bonchev–Trinajstić information content (AvgIpc) is 2.79. The molecule has 0 spiro atoms. The van der Waals surface area contributed by atoms with Crippen LogP contribution in [0.15, 0.2) is 53.5 Å². The fourth-order valence-corrected chi connectivity index (χ4v) is 4.17.